The molecule has 1 heterocycles. The highest BCUT2D eigenvalue weighted by Crippen LogP contribution is 2.26. The molecule has 2 nitrogen and oxygen atoms in total. The first kappa shape index (κ1) is 11.8. The minimum atomic E-state index is -0.118. The predicted octanol–water partition coefficient (Wildman–Crippen LogP) is 2.53. The fourth-order valence-corrected chi connectivity index (χ4v) is 2.53. The zero-order valence-electron chi connectivity index (χ0n) is 9.86. The number of nitrogens with zero attached hydrogens (tertiary/aromatic N) is 1. The summed E-state index contributed by atoms with van der Waals surface area (Å²) in [5.41, 5.74) is 0. The Kier molecular flexibility index (Phi) is 4.13. The van der Waals surface area contributed by atoms with Gasteiger partial charge in [-0.15, -0.1) is 0 Å². The summed E-state index contributed by atoms with van der Waals surface area (Å²) in [4.78, 5) is 2.35. The van der Waals surface area contributed by atoms with E-state index >= 15 is 0 Å². The summed E-state index contributed by atoms with van der Waals surface area (Å²) >= 11 is 0. The van der Waals surface area contributed by atoms with Crippen LogP contribution in [0.15, 0.2) is 24.1 Å². The molecule has 3 heteroatoms. The van der Waals surface area contributed by atoms with Crippen molar-refractivity contribution in [3.63, 3.8) is 0 Å². The number of methoxy groups -OCH3 is 1. The molecule has 0 saturated carbocycles. The molecule has 2 rings (SSSR count). The van der Waals surface area contributed by atoms with Gasteiger partial charge in [0.15, 0.2) is 0 Å². The fraction of sp³-hybridized carbons (Fsp3) is 0.692. The molecule has 1 aliphatic carbocycles. The second-order valence-corrected chi connectivity index (χ2v) is 4.60. The largest absolute Gasteiger partial charge is 0.377 e. The Morgan fingerprint density at radius 1 is 1.38 bits per heavy atom. The van der Waals surface area contributed by atoms with Crippen molar-refractivity contribution in [1.29, 1.82) is 0 Å². The maximum atomic E-state index is 13.7. The van der Waals surface area contributed by atoms with Gasteiger partial charge in [-0.05, 0) is 32.0 Å². The number of likely N-dealkylation sites (tertiary alicyclic amines) is 1. The van der Waals surface area contributed by atoms with Crippen molar-refractivity contribution in [2.24, 2.45) is 5.92 Å². The van der Waals surface area contributed by atoms with Crippen molar-refractivity contribution in [3.05, 3.63) is 24.1 Å². The Morgan fingerprint density at radius 2 is 2.12 bits per heavy atom. The van der Waals surface area contributed by atoms with Gasteiger partial charge in [0.2, 0.25) is 0 Å². The van der Waals surface area contributed by atoms with E-state index in [0.717, 1.165) is 19.6 Å². The molecule has 0 spiro atoms. The van der Waals surface area contributed by atoms with Gasteiger partial charge >= 0.3 is 0 Å². The monoisotopic (exact) mass is 225 g/mol. The number of hydrogen-bond acceptors (Lipinski definition) is 2. The minimum Gasteiger partial charge on any atom is -0.377 e. The second kappa shape index (κ2) is 5.60. The first-order valence-corrected chi connectivity index (χ1v) is 6.10. The van der Waals surface area contributed by atoms with E-state index in [-0.39, 0.29) is 17.8 Å². The van der Waals surface area contributed by atoms with E-state index in [0.29, 0.717) is 0 Å². The van der Waals surface area contributed by atoms with Crippen molar-refractivity contribution >= 4 is 0 Å². The highest BCUT2D eigenvalue weighted by atomic mass is 19.1. The van der Waals surface area contributed by atoms with Crippen LogP contribution in [0.25, 0.3) is 0 Å². The molecule has 90 valence electrons. The molecule has 1 fully saturated rings. The SMILES string of the molecule is COC1C=CC=C(F)C1CN1CCCCC1. The maximum absolute atomic E-state index is 13.7. The van der Waals surface area contributed by atoms with Crippen LogP contribution in [-0.4, -0.2) is 37.7 Å². The van der Waals surface area contributed by atoms with Gasteiger partial charge in [0.05, 0.1) is 12.0 Å². The Hall–Kier alpha value is -0.670. The first-order valence-electron chi connectivity index (χ1n) is 6.10. The number of piperidine rings is 1. The van der Waals surface area contributed by atoms with Crippen LogP contribution in [0.2, 0.25) is 0 Å². The Bertz CT molecular complexity index is 282. The Balaban J connectivity index is 1.95. The fourth-order valence-electron chi connectivity index (χ4n) is 2.53. The molecule has 2 aliphatic rings. The van der Waals surface area contributed by atoms with Gasteiger partial charge in [-0.1, -0.05) is 18.6 Å². The second-order valence-electron chi connectivity index (χ2n) is 4.60. The highest BCUT2D eigenvalue weighted by molar-refractivity contribution is 5.20. The molecule has 1 saturated heterocycles. The van der Waals surface area contributed by atoms with Crippen LogP contribution in [0.3, 0.4) is 0 Å². The van der Waals surface area contributed by atoms with Crippen molar-refractivity contribution in [2.75, 3.05) is 26.7 Å². The van der Waals surface area contributed by atoms with E-state index in [4.69, 9.17) is 4.74 Å². The summed E-state index contributed by atoms with van der Waals surface area (Å²) in [6.45, 7) is 2.99. The van der Waals surface area contributed by atoms with E-state index in [2.05, 4.69) is 4.90 Å². The average Bonchev–Trinajstić information content (AvgIpc) is 2.33. The molecule has 2 atom stereocenters. The zero-order chi connectivity index (χ0) is 11.4. The van der Waals surface area contributed by atoms with E-state index in [1.165, 1.54) is 19.3 Å². The summed E-state index contributed by atoms with van der Waals surface area (Å²) < 4.78 is 19.1. The van der Waals surface area contributed by atoms with Crippen molar-refractivity contribution in [2.45, 2.75) is 25.4 Å². The zero-order valence-corrected chi connectivity index (χ0v) is 9.86. The molecule has 0 aromatic heterocycles. The third kappa shape index (κ3) is 2.71. The molecule has 0 N–H and O–H groups in total. The minimum absolute atomic E-state index is 0.0417. The molecule has 0 aromatic rings. The summed E-state index contributed by atoms with van der Waals surface area (Å²) in [7, 11) is 1.65. The highest BCUT2D eigenvalue weighted by Gasteiger charge is 2.28. The molecule has 0 bridgehead atoms. The topological polar surface area (TPSA) is 12.5 Å². The van der Waals surface area contributed by atoms with E-state index in [1.54, 1.807) is 19.3 Å². The molecule has 2 unspecified atom stereocenters. The van der Waals surface area contributed by atoms with E-state index < -0.39 is 0 Å². The number of allylic oxidation sites excluding steroid dienone is 2. The predicted molar refractivity (Wildman–Crippen MR) is 62.9 cm³/mol. The lowest BCUT2D eigenvalue weighted by Gasteiger charge is -2.33. The third-order valence-corrected chi connectivity index (χ3v) is 3.48. The average molecular weight is 225 g/mol. The smallest absolute Gasteiger partial charge is 0.107 e. The Labute approximate surface area is 96.8 Å². The van der Waals surface area contributed by atoms with Crippen LogP contribution in [0.1, 0.15) is 19.3 Å². The lowest BCUT2D eigenvalue weighted by molar-refractivity contribution is 0.0675. The quantitative estimate of drug-likeness (QED) is 0.732. The van der Waals surface area contributed by atoms with E-state index in [9.17, 15) is 4.39 Å². The molecular weight excluding hydrogens is 205 g/mol. The van der Waals surface area contributed by atoms with Gasteiger partial charge in [0, 0.05) is 13.7 Å². The number of halogens is 1. The van der Waals surface area contributed by atoms with Crippen molar-refractivity contribution in [1.82, 2.24) is 4.90 Å². The molecule has 1 aliphatic heterocycles. The van der Waals surface area contributed by atoms with E-state index in [1.807, 2.05) is 6.08 Å². The Morgan fingerprint density at radius 3 is 2.81 bits per heavy atom. The lowest BCUT2D eigenvalue weighted by atomic mass is 9.94. The first-order chi connectivity index (χ1) is 7.81. The normalized spacial score (nSPS) is 31.5. The maximum Gasteiger partial charge on any atom is 0.107 e. The van der Waals surface area contributed by atoms with Crippen LogP contribution >= 0.6 is 0 Å². The summed E-state index contributed by atoms with van der Waals surface area (Å²) in [6.07, 6.45) is 8.94. The number of rotatable bonds is 3. The van der Waals surface area contributed by atoms with Gasteiger partial charge in [-0.3, -0.25) is 0 Å². The van der Waals surface area contributed by atoms with Gasteiger partial charge in [-0.2, -0.15) is 0 Å². The van der Waals surface area contributed by atoms with Crippen molar-refractivity contribution < 1.29 is 9.13 Å². The molecular formula is C13H20FNO. The summed E-state index contributed by atoms with van der Waals surface area (Å²) in [5.74, 6) is -0.159. The van der Waals surface area contributed by atoms with Crippen LogP contribution in [0, 0.1) is 5.92 Å². The van der Waals surface area contributed by atoms with Crippen molar-refractivity contribution in [3.8, 4) is 0 Å². The van der Waals surface area contributed by atoms with Gasteiger partial charge in [0.1, 0.15) is 5.83 Å². The van der Waals surface area contributed by atoms with Crippen LogP contribution in [-0.2, 0) is 4.74 Å². The molecule has 0 aromatic carbocycles. The number of hydrogen-bond donors (Lipinski definition) is 0. The van der Waals surface area contributed by atoms with Crippen LogP contribution in [0.5, 0.6) is 0 Å². The van der Waals surface area contributed by atoms with Crippen LogP contribution < -0.4 is 0 Å². The van der Waals surface area contributed by atoms with Gasteiger partial charge in [0.25, 0.3) is 0 Å². The van der Waals surface area contributed by atoms with Crippen LogP contribution in [0.4, 0.5) is 4.39 Å². The summed E-state index contributed by atoms with van der Waals surface area (Å²) in [6, 6.07) is 0. The summed E-state index contributed by atoms with van der Waals surface area (Å²) in [5, 5.41) is 0. The molecule has 0 radical (unpaired) electrons. The number of ether oxygens (including phenoxy) is 1. The standard InChI is InChI=1S/C13H20FNO/c1-16-13-7-5-6-12(14)11(13)10-15-8-3-2-4-9-15/h5-7,11,13H,2-4,8-10H2,1H3. The van der Waals surface area contributed by atoms with Gasteiger partial charge < -0.3 is 9.64 Å². The molecule has 0 amide bonds. The molecule has 16 heavy (non-hydrogen) atoms. The van der Waals surface area contributed by atoms with Gasteiger partial charge in [-0.25, -0.2) is 4.39 Å². The third-order valence-electron chi connectivity index (χ3n) is 3.48. The lowest BCUT2D eigenvalue weighted by Crippen LogP contribution is -2.39.